The number of carbonyl (C=O) groups excluding carboxylic acids is 2. The van der Waals surface area contributed by atoms with Crippen molar-refractivity contribution in [1.82, 2.24) is 10.2 Å². The lowest BCUT2D eigenvalue weighted by molar-refractivity contribution is -0.121. The van der Waals surface area contributed by atoms with Crippen LogP contribution < -0.4 is 5.32 Å². The summed E-state index contributed by atoms with van der Waals surface area (Å²) >= 11 is 11.8. The van der Waals surface area contributed by atoms with E-state index in [1.165, 1.54) is 0 Å². The van der Waals surface area contributed by atoms with Crippen LogP contribution in [-0.2, 0) is 4.79 Å². The zero-order valence-electron chi connectivity index (χ0n) is 11.8. The minimum absolute atomic E-state index is 0.0592. The van der Waals surface area contributed by atoms with Gasteiger partial charge in [-0.2, -0.15) is 0 Å². The summed E-state index contributed by atoms with van der Waals surface area (Å²) in [5.74, 6) is -0.219. The highest BCUT2D eigenvalue weighted by atomic mass is 35.5. The van der Waals surface area contributed by atoms with E-state index in [1.807, 2.05) is 0 Å². The molecule has 1 aromatic carbocycles. The summed E-state index contributed by atoms with van der Waals surface area (Å²) in [6.07, 6.45) is 1.46. The van der Waals surface area contributed by atoms with Crippen molar-refractivity contribution >= 4 is 35.0 Å². The number of carbonyl (C=O) groups is 2. The third-order valence-electron chi connectivity index (χ3n) is 3.59. The fourth-order valence-corrected chi connectivity index (χ4v) is 2.63. The molecule has 21 heavy (non-hydrogen) atoms. The van der Waals surface area contributed by atoms with E-state index >= 15 is 0 Å². The van der Waals surface area contributed by atoms with Gasteiger partial charge in [-0.15, -0.1) is 11.6 Å². The lowest BCUT2D eigenvalue weighted by Crippen LogP contribution is -2.47. The summed E-state index contributed by atoms with van der Waals surface area (Å²) in [5, 5.41) is 2.83. The van der Waals surface area contributed by atoms with Crippen LogP contribution in [0.25, 0.3) is 0 Å². The van der Waals surface area contributed by atoms with Crippen LogP contribution in [0.4, 0.5) is 0 Å². The monoisotopic (exact) mass is 328 g/mol. The Bertz CT molecular complexity index is 526. The molecule has 1 aliphatic heterocycles. The molecule has 1 unspecified atom stereocenters. The molecule has 1 atom stereocenters. The third-order valence-corrected chi connectivity index (χ3v) is 4.12. The van der Waals surface area contributed by atoms with E-state index in [4.69, 9.17) is 23.2 Å². The number of rotatable bonds is 3. The van der Waals surface area contributed by atoms with Gasteiger partial charge in [-0.05, 0) is 31.9 Å². The average molecular weight is 329 g/mol. The summed E-state index contributed by atoms with van der Waals surface area (Å²) in [7, 11) is 0. The highest BCUT2D eigenvalue weighted by molar-refractivity contribution is 6.33. The zero-order valence-corrected chi connectivity index (χ0v) is 13.3. The van der Waals surface area contributed by atoms with Gasteiger partial charge in [0.2, 0.25) is 5.91 Å². The Labute approximate surface area is 134 Å². The van der Waals surface area contributed by atoms with Crippen LogP contribution in [-0.4, -0.2) is 41.2 Å². The van der Waals surface area contributed by atoms with Crippen LogP contribution in [0.2, 0.25) is 5.02 Å². The van der Waals surface area contributed by atoms with Crippen molar-refractivity contribution in [3.63, 3.8) is 0 Å². The molecule has 4 nitrogen and oxygen atoms in total. The molecule has 2 rings (SSSR count). The van der Waals surface area contributed by atoms with Crippen LogP contribution in [0.15, 0.2) is 24.3 Å². The number of hydrogen-bond acceptors (Lipinski definition) is 2. The first-order chi connectivity index (χ1) is 9.99. The molecule has 2 amide bonds. The van der Waals surface area contributed by atoms with Gasteiger partial charge >= 0.3 is 0 Å². The van der Waals surface area contributed by atoms with Crippen molar-refractivity contribution in [2.45, 2.75) is 31.2 Å². The van der Waals surface area contributed by atoms with Crippen molar-refractivity contribution in [1.29, 1.82) is 0 Å². The summed E-state index contributed by atoms with van der Waals surface area (Å²) in [5.41, 5.74) is 0.524. The SMILES string of the molecule is CC(Cl)C(=O)NC1CCN(C(=O)c2ccccc2Cl)CC1. The van der Waals surface area contributed by atoms with E-state index in [-0.39, 0.29) is 17.9 Å². The molecular formula is C15H18Cl2N2O2. The number of hydrogen-bond donors (Lipinski definition) is 1. The molecule has 1 saturated heterocycles. The van der Waals surface area contributed by atoms with Crippen LogP contribution in [0, 0.1) is 0 Å². The molecule has 0 aromatic heterocycles. The van der Waals surface area contributed by atoms with Crippen molar-refractivity contribution in [3.8, 4) is 0 Å². The quantitative estimate of drug-likeness (QED) is 0.867. The lowest BCUT2D eigenvalue weighted by Gasteiger charge is -2.32. The average Bonchev–Trinajstić information content (AvgIpc) is 2.47. The van der Waals surface area contributed by atoms with Gasteiger partial charge < -0.3 is 10.2 Å². The van der Waals surface area contributed by atoms with E-state index in [1.54, 1.807) is 36.1 Å². The van der Waals surface area contributed by atoms with E-state index in [0.29, 0.717) is 23.7 Å². The molecule has 1 aliphatic rings. The van der Waals surface area contributed by atoms with Crippen LogP contribution in [0.3, 0.4) is 0 Å². The number of amides is 2. The van der Waals surface area contributed by atoms with Gasteiger partial charge in [0.1, 0.15) is 5.38 Å². The smallest absolute Gasteiger partial charge is 0.255 e. The van der Waals surface area contributed by atoms with Gasteiger partial charge in [0.25, 0.3) is 5.91 Å². The van der Waals surface area contributed by atoms with Gasteiger partial charge in [-0.1, -0.05) is 23.7 Å². The third kappa shape index (κ3) is 4.11. The maximum atomic E-state index is 12.4. The first-order valence-corrected chi connectivity index (χ1v) is 7.78. The van der Waals surface area contributed by atoms with E-state index < -0.39 is 5.38 Å². The molecule has 6 heteroatoms. The Kier molecular flexibility index (Phi) is 5.48. The molecule has 1 N–H and O–H groups in total. The van der Waals surface area contributed by atoms with E-state index in [0.717, 1.165) is 12.8 Å². The number of nitrogens with zero attached hydrogens (tertiary/aromatic N) is 1. The first kappa shape index (κ1) is 16.1. The van der Waals surface area contributed by atoms with E-state index in [2.05, 4.69) is 5.32 Å². The van der Waals surface area contributed by atoms with Gasteiger partial charge in [-0.3, -0.25) is 9.59 Å². The molecule has 0 aliphatic carbocycles. The fourth-order valence-electron chi connectivity index (χ4n) is 2.35. The maximum Gasteiger partial charge on any atom is 0.255 e. The number of nitrogens with one attached hydrogen (secondary N) is 1. The van der Waals surface area contributed by atoms with Gasteiger partial charge in [-0.25, -0.2) is 0 Å². The minimum atomic E-state index is -0.534. The predicted molar refractivity (Wildman–Crippen MR) is 83.8 cm³/mol. The minimum Gasteiger partial charge on any atom is -0.352 e. The molecule has 1 fully saturated rings. The molecule has 0 saturated carbocycles. The summed E-state index contributed by atoms with van der Waals surface area (Å²) in [6, 6.07) is 7.12. The predicted octanol–water partition coefficient (Wildman–Crippen LogP) is 2.69. The standard InChI is InChI=1S/C15H18Cl2N2O2/c1-10(16)14(20)18-11-6-8-19(9-7-11)15(21)12-4-2-3-5-13(12)17/h2-5,10-11H,6-9H2,1H3,(H,18,20). The second-order valence-corrected chi connectivity index (χ2v) is 6.23. The highest BCUT2D eigenvalue weighted by Gasteiger charge is 2.26. The van der Waals surface area contributed by atoms with Crippen LogP contribution in [0.1, 0.15) is 30.1 Å². The molecular weight excluding hydrogens is 311 g/mol. The van der Waals surface area contributed by atoms with Crippen LogP contribution in [0.5, 0.6) is 0 Å². The normalized spacial score (nSPS) is 17.4. The Morgan fingerprint density at radius 3 is 2.48 bits per heavy atom. The maximum absolute atomic E-state index is 12.4. The summed E-state index contributed by atoms with van der Waals surface area (Å²) in [4.78, 5) is 25.7. The number of halogens is 2. The molecule has 1 aromatic rings. The molecule has 114 valence electrons. The van der Waals surface area contributed by atoms with Crippen molar-refractivity contribution in [2.75, 3.05) is 13.1 Å². The Morgan fingerprint density at radius 2 is 1.90 bits per heavy atom. The summed E-state index contributed by atoms with van der Waals surface area (Å²) < 4.78 is 0. The zero-order chi connectivity index (χ0) is 15.4. The molecule has 1 heterocycles. The molecule has 0 bridgehead atoms. The Morgan fingerprint density at radius 1 is 1.29 bits per heavy atom. The fraction of sp³-hybridized carbons (Fsp3) is 0.467. The topological polar surface area (TPSA) is 49.4 Å². The number of likely N-dealkylation sites (tertiary alicyclic amines) is 1. The number of piperidine rings is 1. The summed E-state index contributed by atoms with van der Waals surface area (Å²) in [6.45, 7) is 2.85. The van der Waals surface area contributed by atoms with Crippen LogP contribution >= 0.6 is 23.2 Å². The Hall–Kier alpha value is -1.26. The van der Waals surface area contributed by atoms with Gasteiger partial charge in [0.05, 0.1) is 10.6 Å². The van der Waals surface area contributed by atoms with Crippen molar-refractivity contribution in [2.24, 2.45) is 0 Å². The van der Waals surface area contributed by atoms with Crippen molar-refractivity contribution < 1.29 is 9.59 Å². The van der Waals surface area contributed by atoms with E-state index in [9.17, 15) is 9.59 Å². The first-order valence-electron chi connectivity index (χ1n) is 6.97. The second-order valence-electron chi connectivity index (χ2n) is 5.17. The number of benzene rings is 1. The second kappa shape index (κ2) is 7.14. The van der Waals surface area contributed by atoms with Crippen molar-refractivity contribution in [3.05, 3.63) is 34.9 Å². The lowest BCUT2D eigenvalue weighted by atomic mass is 10.0. The largest absolute Gasteiger partial charge is 0.352 e. The van der Waals surface area contributed by atoms with Gasteiger partial charge in [0, 0.05) is 19.1 Å². The highest BCUT2D eigenvalue weighted by Crippen LogP contribution is 2.20. The Balaban J connectivity index is 1.91. The molecule has 0 spiro atoms. The molecule has 0 radical (unpaired) electrons. The van der Waals surface area contributed by atoms with Gasteiger partial charge in [0.15, 0.2) is 0 Å². The number of alkyl halides is 1.